The number of rotatable bonds is 4. The van der Waals surface area contributed by atoms with Crippen LogP contribution in [0.4, 0.5) is 0 Å². The highest BCUT2D eigenvalue weighted by Crippen LogP contribution is 2.37. The van der Waals surface area contributed by atoms with Gasteiger partial charge in [-0.05, 0) is 6.07 Å². The number of nitrogens with one attached hydrogen (secondary N) is 1. The molecule has 1 aromatic rings. The van der Waals surface area contributed by atoms with Crippen LogP contribution < -0.4 is 11.1 Å². The third kappa shape index (κ3) is 1.77. The summed E-state index contributed by atoms with van der Waals surface area (Å²) in [7, 11) is -3.86. The minimum Gasteiger partial charge on any atom is -0.395 e. The van der Waals surface area contributed by atoms with Gasteiger partial charge in [-0.25, -0.2) is 8.42 Å². The van der Waals surface area contributed by atoms with Gasteiger partial charge in [0.05, 0.1) is 17.2 Å². The van der Waals surface area contributed by atoms with Crippen molar-refractivity contribution in [1.29, 1.82) is 0 Å². The quantitative estimate of drug-likeness (QED) is 0.663. The molecule has 1 aromatic carbocycles. The molecule has 7 heteroatoms. The van der Waals surface area contributed by atoms with E-state index in [0.29, 0.717) is 5.56 Å². The number of hydrogen-bond acceptors (Lipinski definition) is 5. The summed E-state index contributed by atoms with van der Waals surface area (Å²) in [5, 5.41) is 11.5. The second-order valence-electron chi connectivity index (χ2n) is 3.72. The maximum Gasteiger partial charge on any atom is 0.262 e. The highest BCUT2D eigenvalue weighted by Gasteiger charge is 2.38. The molecule has 1 heterocycles. The molecule has 0 radical (unpaired) electrons. The number of aliphatic hydroxyl groups excluding tert-OH is 1. The Morgan fingerprint density at radius 2 is 2.00 bits per heavy atom. The van der Waals surface area contributed by atoms with E-state index < -0.39 is 20.6 Å². The van der Waals surface area contributed by atoms with E-state index in [1.54, 1.807) is 18.2 Å². The Kier molecular flexibility index (Phi) is 3.10. The second-order valence-corrected chi connectivity index (χ2v) is 5.57. The summed E-state index contributed by atoms with van der Waals surface area (Å²) in [6, 6.07) is 6.24. The summed E-state index contributed by atoms with van der Waals surface area (Å²) in [6.07, 6.45) is 0. The van der Waals surface area contributed by atoms with Crippen molar-refractivity contribution < 1.29 is 18.3 Å². The number of amides is 1. The first-order valence-electron chi connectivity index (χ1n) is 5.23. The first kappa shape index (κ1) is 12.6. The standard InChI is InChI=1S/C11H12N2O4S/c12-11(15)10-9(13-5-6-14)7-3-1-2-4-8(7)18(10,16)17/h1-4,13-14H,5-6H2,(H2,12,15). The molecule has 0 unspecified atom stereocenters. The first-order valence-corrected chi connectivity index (χ1v) is 6.71. The molecule has 0 saturated carbocycles. The van der Waals surface area contributed by atoms with Gasteiger partial charge >= 0.3 is 0 Å². The van der Waals surface area contributed by atoms with Crippen LogP contribution in [0.1, 0.15) is 5.56 Å². The van der Waals surface area contributed by atoms with Crippen LogP contribution in [0.15, 0.2) is 34.1 Å². The summed E-state index contributed by atoms with van der Waals surface area (Å²) in [6.45, 7) is -0.0479. The maximum absolute atomic E-state index is 12.1. The van der Waals surface area contributed by atoms with Gasteiger partial charge in [0.2, 0.25) is 9.84 Å². The highest BCUT2D eigenvalue weighted by molar-refractivity contribution is 7.97. The molecule has 96 valence electrons. The molecule has 1 aliphatic heterocycles. The van der Waals surface area contributed by atoms with Crippen molar-refractivity contribution in [2.45, 2.75) is 4.90 Å². The van der Waals surface area contributed by atoms with E-state index in [2.05, 4.69) is 5.32 Å². The molecule has 0 bridgehead atoms. The minimum atomic E-state index is -3.86. The molecule has 6 nitrogen and oxygen atoms in total. The number of carbonyl (C=O) groups excluding carboxylic acids is 1. The van der Waals surface area contributed by atoms with Crippen LogP contribution in [-0.2, 0) is 14.6 Å². The molecule has 4 N–H and O–H groups in total. The van der Waals surface area contributed by atoms with Crippen LogP contribution in [0.3, 0.4) is 0 Å². The van der Waals surface area contributed by atoms with Gasteiger partial charge in [0.25, 0.3) is 5.91 Å². The summed E-state index contributed by atoms with van der Waals surface area (Å²) < 4.78 is 24.3. The Bertz CT molecular complexity index is 634. The van der Waals surface area contributed by atoms with Crippen LogP contribution in [0.5, 0.6) is 0 Å². The molecule has 0 aliphatic carbocycles. The Morgan fingerprint density at radius 1 is 1.33 bits per heavy atom. The van der Waals surface area contributed by atoms with E-state index in [9.17, 15) is 13.2 Å². The lowest BCUT2D eigenvalue weighted by molar-refractivity contribution is -0.113. The summed E-state index contributed by atoms with van der Waals surface area (Å²) >= 11 is 0. The smallest absolute Gasteiger partial charge is 0.262 e. The average molecular weight is 268 g/mol. The molecule has 0 fully saturated rings. The number of aliphatic hydroxyl groups is 1. The number of sulfone groups is 1. The zero-order valence-corrected chi connectivity index (χ0v) is 10.2. The van der Waals surface area contributed by atoms with Crippen molar-refractivity contribution in [2.75, 3.05) is 13.2 Å². The SMILES string of the molecule is NC(=O)C1=C(NCCO)c2ccccc2S1(=O)=O. The van der Waals surface area contributed by atoms with Crippen molar-refractivity contribution in [3.63, 3.8) is 0 Å². The van der Waals surface area contributed by atoms with E-state index in [1.165, 1.54) is 6.07 Å². The van der Waals surface area contributed by atoms with E-state index in [0.717, 1.165) is 0 Å². The molecule has 2 rings (SSSR count). The van der Waals surface area contributed by atoms with E-state index in [1.807, 2.05) is 0 Å². The van der Waals surface area contributed by atoms with Gasteiger partial charge in [-0.2, -0.15) is 0 Å². The summed E-state index contributed by atoms with van der Waals surface area (Å²) in [4.78, 5) is 10.9. The largest absolute Gasteiger partial charge is 0.395 e. The highest BCUT2D eigenvalue weighted by atomic mass is 32.2. The Morgan fingerprint density at radius 3 is 2.61 bits per heavy atom. The molecule has 0 saturated heterocycles. The summed E-state index contributed by atoms with van der Waals surface area (Å²) in [5.41, 5.74) is 5.70. The normalized spacial score (nSPS) is 16.5. The lowest BCUT2D eigenvalue weighted by atomic mass is 10.1. The molecule has 1 aliphatic rings. The van der Waals surface area contributed by atoms with Crippen molar-refractivity contribution in [3.8, 4) is 0 Å². The van der Waals surface area contributed by atoms with Crippen LogP contribution >= 0.6 is 0 Å². The van der Waals surface area contributed by atoms with Crippen molar-refractivity contribution >= 4 is 21.4 Å². The van der Waals surface area contributed by atoms with Crippen LogP contribution in [0, 0.1) is 0 Å². The third-order valence-corrected chi connectivity index (χ3v) is 4.46. The van der Waals surface area contributed by atoms with E-state index in [-0.39, 0.29) is 23.7 Å². The zero-order valence-electron chi connectivity index (χ0n) is 9.38. The van der Waals surface area contributed by atoms with Gasteiger partial charge < -0.3 is 16.2 Å². The van der Waals surface area contributed by atoms with Crippen molar-refractivity contribution in [2.24, 2.45) is 5.73 Å². The second kappa shape index (κ2) is 4.43. The number of primary amides is 1. The average Bonchev–Trinajstić information content (AvgIpc) is 2.55. The lowest BCUT2D eigenvalue weighted by Gasteiger charge is -2.07. The minimum absolute atomic E-state index is 0.0549. The predicted molar refractivity (Wildman–Crippen MR) is 64.8 cm³/mol. The Labute approximate surface area is 104 Å². The predicted octanol–water partition coefficient (Wildman–Crippen LogP) is -0.790. The lowest BCUT2D eigenvalue weighted by Crippen LogP contribution is -2.24. The fourth-order valence-electron chi connectivity index (χ4n) is 1.89. The van der Waals surface area contributed by atoms with Crippen molar-refractivity contribution in [3.05, 3.63) is 34.7 Å². The van der Waals surface area contributed by atoms with E-state index >= 15 is 0 Å². The maximum atomic E-state index is 12.1. The van der Waals surface area contributed by atoms with Gasteiger partial charge in [0, 0.05) is 12.1 Å². The van der Waals surface area contributed by atoms with Crippen molar-refractivity contribution in [1.82, 2.24) is 5.32 Å². The summed E-state index contributed by atoms with van der Waals surface area (Å²) in [5.74, 6) is -1.01. The fourth-order valence-corrected chi connectivity index (χ4v) is 3.54. The molecule has 18 heavy (non-hydrogen) atoms. The van der Waals surface area contributed by atoms with Crippen LogP contribution in [0.25, 0.3) is 5.70 Å². The van der Waals surface area contributed by atoms with Gasteiger partial charge in [-0.1, -0.05) is 18.2 Å². The molecule has 1 amide bonds. The van der Waals surface area contributed by atoms with Crippen LogP contribution in [-0.4, -0.2) is 32.6 Å². The van der Waals surface area contributed by atoms with Gasteiger partial charge in [-0.3, -0.25) is 4.79 Å². The first-order chi connectivity index (χ1) is 8.50. The number of nitrogens with two attached hydrogens (primary N) is 1. The number of carbonyl (C=O) groups is 1. The molecule has 0 atom stereocenters. The Balaban J connectivity index is 2.67. The number of benzene rings is 1. The van der Waals surface area contributed by atoms with E-state index in [4.69, 9.17) is 10.8 Å². The van der Waals surface area contributed by atoms with Gasteiger partial charge in [0.1, 0.15) is 0 Å². The topological polar surface area (TPSA) is 109 Å². The fraction of sp³-hybridized carbons (Fsp3) is 0.182. The Hall–Kier alpha value is -1.86. The third-order valence-electron chi connectivity index (χ3n) is 2.58. The molecular formula is C11H12N2O4S. The van der Waals surface area contributed by atoms with Gasteiger partial charge in [-0.15, -0.1) is 0 Å². The number of fused-ring (bicyclic) bond motifs is 1. The zero-order chi connectivity index (χ0) is 13.3. The molecular weight excluding hydrogens is 256 g/mol. The number of hydrogen-bond donors (Lipinski definition) is 3. The molecule has 0 spiro atoms. The molecule has 0 aromatic heterocycles. The van der Waals surface area contributed by atoms with Gasteiger partial charge in [0.15, 0.2) is 4.91 Å². The van der Waals surface area contributed by atoms with Crippen LogP contribution in [0.2, 0.25) is 0 Å². The monoisotopic (exact) mass is 268 g/mol.